The zero-order chi connectivity index (χ0) is 13.8. The van der Waals surface area contributed by atoms with Crippen molar-refractivity contribution in [3.8, 4) is 0 Å². The van der Waals surface area contributed by atoms with Gasteiger partial charge in [0.2, 0.25) is 5.91 Å². The van der Waals surface area contributed by atoms with Crippen molar-refractivity contribution in [3.05, 3.63) is 59.7 Å². The van der Waals surface area contributed by atoms with Crippen LogP contribution in [0.1, 0.15) is 5.56 Å². The molecule has 1 aromatic carbocycles. The molecule has 0 saturated heterocycles. The fourth-order valence-electron chi connectivity index (χ4n) is 1.50. The molecule has 0 unspecified atom stereocenters. The lowest BCUT2D eigenvalue weighted by atomic mass is 10.2. The Morgan fingerprint density at radius 3 is 2.63 bits per heavy atom. The zero-order valence-corrected chi connectivity index (χ0v) is 9.66. The van der Waals surface area contributed by atoms with Crippen molar-refractivity contribution in [2.75, 3.05) is 5.32 Å². The lowest BCUT2D eigenvalue weighted by Crippen LogP contribution is -2.16. The first kappa shape index (κ1) is 13.1. The number of halogens is 3. The normalized spacial score (nSPS) is 10.3. The largest absolute Gasteiger partial charge is 0.323 e. The molecular weight excluding hydrogens is 257 g/mol. The second-order valence-electron chi connectivity index (χ2n) is 3.81. The van der Waals surface area contributed by atoms with Crippen molar-refractivity contribution < 1.29 is 18.0 Å². The van der Waals surface area contributed by atoms with Gasteiger partial charge in [0.15, 0.2) is 17.5 Å². The van der Waals surface area contributed by atoms with Crippen LogP contribution >= 0.6 is 0 Å². The molecule has 1 amide bonds. The highest BCUT2D eigenvalue weighted by atomic mass is 19.2. The monoisotopic (exact) mass is 266 g/mol. The number of nitrogens with one attached hydrogen (secondary N) is 1. The number of hydrogen-bond donors (Lipinski definition) is 1. The highest BCUT2D eigenvalue weighted by Gasteiger charge is 2.15. The molecule has 0 bridgehead atoms. The molecule has 1 aromatic heterocycles. The van der Waals surface area contributed by atoms with Crippen molar-refractivity contribution in [3.63, 3.8) is 0 Å². The van der Waals surface area contributed by atoms with Crippen LogP contribution < -0.4 is 5.32 Å². The molecule has 0 aliphatic rings. The molecule has 2 rings (SSSR count). The van der Waals surface area contributed by atoms with E-state index in [1.807, 2.05) is 0 Å². The van der Waals surface area contributed by atoms with E-state index >= 15 is 0 Å². The van der Waals surface area contributed by atoms with Gasteiger partial charge in [0, 0.05) is 12.4 Å². The number of pyridine rings is 1. The molecule has 0 spiro atoms. The Morgan fingerprint density at radius 1 is 1.16 bits per heavy atom. The van der Waals surface area contributed by atoms with Crippen LogP contribution in [0.15, 0.2) is 36.7 Å². The van der Waals surface area contributed by atoms with Crippen LogP contribution in [-0.4, -0.2) is 10.9 Å². The molecule has 0 radical (unpaired) electrons. The van der Waals surface area contributed by atoms with E-state index < -0.39 is 29.0 Å². The molecular formula is C13H9F3N2O. The summed E-state index contributed by atoms with van der Waals surface area (Å²) in [6.07, 6.45) is 3.00. The van der Waals surface area contributed by atoms with Gasteiger partial charge in [0.05, 0.1) is 12.1 Å². The third-order valence-electron chi connectivity index (χ3n) is 2.40. The number of nitrogens with zero attached hydrogens (tertiary/aromatic N) is 1. The van der Waals surface area contributed by atoms with Gasteiger partial charge in [0.1, 0.15) is 0 Å². The minimum atomic E-state index is -1.61. The van der Waals surface area contributed by atoms with Gasteiger partial charge in [-0.2, -0.15) is 0 Å². The van der Waals surface area contributed by atoms with E-state index in [2.05, 4.69) is 10.3 Å². The van der Waals surface area contributed by atoms with Crippen molar-refractivity contribution in [2.24, 2.45) is 0 Å². The first-order valence-corrected chi connectivity index (χ1v) is 5.40. The molecule has 1 heterocycles. The van der Waals surface area contributed by atoms with E-state index in [0.717, 1.165) is 12.1 Å². The van der Waals surface area contributed by atoms with Crippen molar-refractivity contribution in [1.29, 1.82) is 0 Å². The third kappa shape index (κ3) is 3.09. The third-order valence-corrected chi connectivity index (χ3v) is 2.40. The van der Waals surface area contributed by atoms with Crippen LogP contribution in [0.5, 0.6) is 0 Å². The molecule has 1 N–H and O–H groups in total. The molecule has 3 nitrogen and oxygen atoms in total. The molecule has 6 heteroatoms. The van der Waals surface area contributed by atoms with Crippen LogP contribution in [0.25, 0.3) is 0 Å². The number of benzene rings is 1. The smallest absolute Gasteiger partial charge is 0.228 e. The predicted octanol–water partition coefficient (Wildman–Crippen LogP) is 2.68. The van der Waals surface area contributed by atoms with Crippen LogP contribution in [-0.2, 0) is 11.2 Å². The SMILES string of the molecule is O=C(Cc1cccnc1)Nc1ccc(F)c(F)c1F. The van der Waals surface area contributed by atoms with Gasteiger partial charge in [-0.15, -0.1) is 0 Å². The van der Waals surface area contributed by atoms with Gasteiger partial charge in [-0.25, -0.2) is 13.2 Å². The summed E-state index contributed by atoms with van der Waals surface area (Å²) in [4.78, 5) is 15.4. The van der Waals surface area contributed by atoms with Crippen molar-refractivity contribution in [1.82, 2.24) is 4.98 Å². The van der Waals surface area contributed by atoms with E-state index in [4.69, 9.17) is 0 Å². The summed E-state index contributed by atoms with van der Waals surface area (Å²) in [5.74, 6) is -4.88. The lowest BCUT2D eigenvalue weighted by molar-refractivity contribution is -0.115. The first-order chi connectivity index (χ1) is 9.08. The second kappa shape index (κ2) is 5.51. The Hall–Kier alpha value is -2.37. The number of aromatic nitrogens is 1. The molecule has 0 saturated carbocycles. The Bertz CT molecular complexity index is 602. The lowest BCUT2D eigenvalue weighted by Gasteiger charge is -2.07. The number of hydrogen-bond acceptors (Lipinski definition) is 2. The second-order valence-corrected chi connectivity index (χ2v) is 3.81. The van der Waals surface area contributed by atoms with Crippen LogP contribution in [0.2, 0.25) is 0 Å². The summed E-state index contributed by atoms with van der Waals surface area (Å²) in [7, 11) is 0. The maximum atomic E-state index is 13.3. The summed E-state index contributed by atoms with van der Waals surface area (Å²) in [6.45, 7) is 0. The quantitative estimate of drug-likeness (QED) is 0.868. The summed E-state index contributed by atoms with van der Waals surface area (Å²) in [5.41, 5.74) is 0.232. The molecule has 0 fully saturated rings. The molecule has 0 aliphatic carbocycles. The van der Waals surface area contributed by atoms with Crippen LogP contribution in [0.3, 0.4) is 0 Å². The van der Waals surface area contributed by atoms with Gasteiger partial charge in [0.25, 0.3) is 0 Å². The highest BCUT2D eigenvalue weighted by molar-refractivity contribution is 5.92. The minimum absolute atomic E-state index is 0.0354. The van der Waals surface area contributed by atoms with Gasteiger partial charge in [-0.05, 0) is 23.8 Å². The van der Waals surface area contributed by atoms with E-state index in [9.17, 15) is 18.0 Å². The summed E-state index contributed by atoms with van der Waals surface area (Å²) in [5, 5.41) is 2.18. The maximum absolute atomic E-state index is 13.3. The van der Waals surface area contributed by atoms with E-state index in [0.29, 0.717) is 5.56 Å². The Morgan fingerprint density at radius 2 is 1.95 bits per heavy atom. The van der Waals surface area contributed by atoms with E-state index in [1.165, 1.54) is 6.20 Å². The Kier molecular flexibility index (Phi) is 3.79. The van der Waals surface area contributed by atoms with E-state index in [-0.39, 0.29) is 6.42 Å². The number of carbonyl (C=O) groups excluding carboxylic acids is 1. The van der Waals surface area contributed by atoms with Crippen molar-refractivity contribution >= 4 is 11.6 Å². The predicted molar refractivity (Wildman–Crippen MR) is 62.9 cm³/mol. The number of anilines is 1. The summed E-state index contributed by atoms with van der Waals surface area (Å²) < 4.78 is 39.0. The standard InChI is InChI=1S/C13H9F3N2O/c14-9-3-4-10(13(16)12(9)15)18-11(19)6-8-2-1-5-17-7-8/h1-5,7H,6H2,(H,18,19). The van der Waals surface area contributed by atoms with Gasteiger partial charge in [-0.3, -0.25) is 9.78 Å². The summed E-state index contributed by atoms with van der Waals surface area (Å²) in [6, 6.07) is 5.04. The van der Waals surface area contributed by atoms with Gasteiger partial charge < -0.3 is 5.32 Å². The Balaban J connectivity index is 2.10. The molecule has 0 aliphatic heterocycles. The molecule has 0 atom stereocenters. The average molecular weight is 266 g/mol. The number of carbonyl (C=O) groups is 1. The highest BCUT2D eigenvalue weighted by Crippen LogP contribution is 2.19. The molecule has 19 heavy (non-hydrogen) atoms. The number of amides is 1. The molecule has 98 valence electrons. The fourth-order valence-corrected chi connectivity index (χ4v) is 1.50. The van der Waals surface area contributed by atoms with Crippen molar-refractivity contribution in [2.45, 2.75) is 6.42 Å². The first-order valence-electron chi connectivity index (χ1n) is 5.40. The van der Waals surface area contributed by atoms with Crippen LogP contribution in [0, 0.1) is 17.5 Å². The fraction of sp³-hybridized carbons (Fsp3) is 0.0769. The zero-order valence-electron chi connectivity index (χ0n) is 9.66. The number of rotatable bonds is 3. The van der Waals surface area contributed by atoms with Gasteiger partial charge in [-0.1, -0.05) is 6.07 Å². The maximum Gasteiger partial charge on any atom is 0.228 e. The average Bonchev–Trinajstić information content (AvgIpc) is 2.41. The molecule has 2 aromatic rings. The summed E-state index contributed by atoms with van der Waals surface area (Å²) >= 11 is 0. The topological polar surface area (TPSA) is 42.0 Å². The van der Waals surface area contributed by atoms with Crippen LogP contribution in [0.4, 0.5) is 18.9 Å². The van der Waals surface area contributed by atoms with E-state index in [1.54, 1.807) is 18.3 Å². The Labute approximate surface area is 107 Å². The minimum Gasteiger partial charge on any atom is -0.323 e. The van der Waals surface area contributed by atoms with Gasteiger partial charge >= 0.3 is 0 Å².